The van der Waals surface area contributed by atoms with Gasteiger partial charge in [0, 0.05) is 24.6 Å². The average molecular weight is 336 g/mol. The lowest BCUT2D eigenvalue weighted by Gasteiger charge is -1.79. The number of hydrogen-bond acceptors (Lipinski definition) is 3. The zero-order valence-electron chi connectivity index (χ0n) is 9.97. The molecule has 19 heavy (non-hydrogen) atoms. The first kappa shape index (κ1) is 31.2. The predicted octanol–water partition coefficient (Wildman–Crippen LogP) is 4.62. The lowest BCUT2D eigenvalue weighted by atomic mass is 10.4. The van der Waals surface area contributed by atoms with Crippen molar-refractivity contribution in [2.75, 3.05) is 11.8 Å². The zero-order valence-corrected chi connectivity index (χ0v) is 12.2. The summed E-state index contributed by atoms with van der Waals surface area (Å²) in [5.74, 6) is 0.951. The van der Waals surface area contributed by atoms with Crippen LogP contribution in [0.15, 0.2) is 12.7 Å². The fourth-order valence-electron chi connectivity index (χ4n) is 0.207. The van der Waals surface area contributed by atoms with E-state index in [9.17, 15) is 14.4 Å². The van der Waals surface area contributed by atoms with Gasteiger partial charge in [-0.15, -0.1) is 23.2 Å². The van der Waals surface area contributed by atoms with Crippen molar-refractivity contribution in [3.05, 3.63) is 12.7 Å². The molecule has 0 amide bonds. The molecule has 0 aromatic carbocycles. The number of carbonyl (C=O) groups is 3. The van der Waals surface area contributed by atoms with Gasteiger partial charge in [0.2, 0.25) is 5.24 Å². The smallest absolute Gasteiger partial charge is 0.222 e. The third kappa shape index (κ3) is 74.0. The summed E-state index contributed by atoms with van der Waals surface area (Å²) in [6.45, 7) is 6.21. The maximum atomic E-state index is 9.96. The van der Waals surface area contributed by atoms with Crippen molar-refractivity contribution < 1.29 is 14.4 Å². The molecule has 6 heteroatoms. The van der Waals surface area contributed by atoms with E-state index in [1.807, 2.05) is 0 Å². The Morgan fingerprint density at radius 1 is 1.00 bits per heavy atom. The van der Waals surface area contributed by atoms with Gasteiger partial charge < -0.3 is 0 Å². The standard InChI is InChI=1S/C4H7ClO.C4H6O.C3H4Cl2O.2CH4/c1-4(6)2-3-5;1-3-4(2)5;4-2-1-3(5)6;;/h2-3H2,1H3;3H,1H2,2H3;1-2H2;2*1H4. The van der Waals surface area contributed by atoms with Gasteiger partial charge >= 0.3 is 0 Å². The monoisotopic (exact) mass is 334 g/mol. The first-order valence-corrected chi connectivity index (χ1v) is 6.19. The van der Waals surface area contributed by atoms with E-state index in [2.05, 4.69) is 6.58 Å². The van der Waals surface area contributed by atoms with Crippen LogP contribution in [0.2, 0.25) is 0 Å². The van der Waals surface area contributed by atoms with Gasteiger partial charge in [0.15, 0.2) is 5.78 Å². The highest BCUT2D eigenvalue weighted by Gasteiger charge is 1.88. The number of hydrogen-bond donors (Lipinski definition) is 0. The van der Waals surface area contributed by atoms with Crippen molar-refractivity contribution in [2.45, 2.75) is 41.5 Å². The molecule has 0 heterocycles. The maximum absolute atomic E-state index is 9.96. The Balaban J connectivity index is -0.0000000492. The highest BCUT2D eigenvalue weighted by molar-refractivity contribution is 6.63. The van der Waals surface area contributed by atoms with Crippen LogP contribution in [0.4, 0.5) is 0 Å². The summed E-state index contributed by atoms with van der Waals surface area (Å²) in [6.07, 6.45) is 2.05. The minimum absolute atomic E-state index is 0. The summed E-state index contributed by atoms with van der Waals surface area (Å²) in [4.78, 5) is 29.4. The number of ketones is 2. The molecule has 0 radical (unpaired) electrons. The Morgan fingerprint density at radius 3 is 1.32 bits per heavy atom. The molecular formula is C13H25Cl3O3. The molecule has 0 bridgehead atoms. The number of alkyl halides is 2. The van der Waals surface area contributed by atoms with Gasteiger partial charge in [0.25, 0.3) is 0 Å². The van der Waals surface area contributed by atoms with Crippen LogP contribution in [-0.2, 0) is 14.4 Å². The van der Waals surface area contributed by atoms with Crippen LogP contribution in [0.5, 0.6) is 0 Å². The molecule has 0 unspecified atom stereocenters. The van der Waals surface area contributed by atoms with Gasteiger partial charge in [-0.2, -0.15) is 0 Å². The number of allylic oxidation sites excluding steroid dienone is 1. The minimum atomic E-state index is -0.370. The molecule has 116 valence electrons. The van der Waals surface area contributed by atoms with Crippen LogP contribution in [0.3, 0.4) is 0 Å². The normalized spacial score (nSPS) is 7.00. The van der Waals surface area contributed by atoms with Gasteiger partial charge in [0.05, 0.1) is 0 Å². The average Bonchev–Trinajstić information content (AvgIpc) is 2.19. The second-order valence-electron chi connectivity index (χ2n) is 2.75. The summed E-state index contributed by atoms with van der Waals surface area (Å²) in [6, 6.07) is 0. The molecule has 0 spiro atoms. The van der Waals surface area contributed by atoms with E-state index >= 15 is 0 Å². The van der Waals surface area contributed by atoms with Crippen molar-refractivity contribution in [1.29, 1.82) is 0 Å². The van der Waals surface area contributed by atoms with Crippen LogP contribution in [-0.4, -0.2) is 28.6 Å². The fraction of sp³-hybridized carbons (Fsp3) is 0.615. The van der Waals surface area contributed by atoms with Crippen molar-refractivity contribution in [2.24, 2.45) is 0 Å². The summed E-state index contributed by atoms with van der Waals surface area (Å²) >= 11 is 15.1. The molecule has 0 rings (SSSR count). The summed E-state index contributed by atoms with van der Waals surface area (Å²) in [5.41, 5.74) is 0. The first-order valence-electron chi connectivity index (χ1n) is 4.74. The highest BCUT2D eigenvalue weighted by atomic mass is 35.5. The predicted molar refractivity (Wildman–Crippen MR) is 86.6 cm³/mol. The second kappa shape index (κ2) is 26.2. The summed E-state index contributed by atoms with van der Waals surface area (Å²) < 4.78 is 0. The maximum Gasteiger partial charge on any atom is 0.222 e. The largest absolute Gasteiger partial charge is 0.300 e. The van der Waals surface area contributed by atoms with Crippen LogP contribution in [0, 0.1) is 0 Å². The van der Waals surface area contributed by atoms with Gasteiger partial charge in [-0.25, -0.2) is 0 Å². The molecule has 0 saturated heterocycles. The van der Waals surface area contributed by atoms with E-state index in [-0.39, 0.29) is 38.1 Å². The summed E-state index contributed by atoms with van der Waals surface area (Å²) in [5, 5.41) is -0.370. The van der Waals surface area contributed by atoms with Gasteiger partial charge in [-0.1, -0.05) is 21.4 Å². The Kier molecular flexibility index (Phi) is 43.0. The van der Waals surface area contributed by atoms with Crippen molar-refractivity contribution in [3.8, 4) is 0 Å². The Hall–Kier alpha value is -0.380. The molecule has 0 aliphatic carbocycles. The molecule has 0 aliphatic rings. The lowest BCUT2D eigenvalue weighted by Crippen LogP contribution is -1.87. The van der Waals surface area contributed by atoms with E-state index < -0.39 is 0 Å². The quantitative estimate of drug-likeness (QED) is 0.418. The molecular weight excluding hydrogens is 310 g/mol. The van der Waals surface area contributed by atoms with Gasteiger partial charge in [0.1, 0.15) is 5.78 Å². The Morgan fingerprint density at radius 2 is 1.32 bits per heavy atom. The molecule has 0 N–H and O–H groups in total. The second-order valence-corrected chi connectivity index (χ2v) is 3.93. The molecule has 0 fully saturated rings. The van der Waals surface area contributed by atoms with E-state index in [0.717, 1.165) is 0 Å². The zero-order chi connectivity index (χ0) is 14.3. The topological polar surface area (TPSA) is 51.2 Å². The lowest BCUT2D eigenvalue weighted by molar-refractivity contribution is -0.116. The SMILES string of the molecule is C.C.C=CC(C)=O.CC(=O)CCCl.O=C(Cl)CCCl. The van der Waals surface area contributed by atoms with E-state index in [1.54, 1.807) is 0 Å². The minimum Gasteiger partial charge on any atom is -0.300 e. The van der Waals surface area contributed by atoms with Crippen LogP contribution >= 0.6 is 34.8 Å². The molecule has 3 nitrogen and oxygen atoms in total. The van der Waals surface area contributed by atoms with Crippen molar-refractivity contribution >= 4 is 51.6 Å². The number of carbonyl (C=O) groups excluding carboxylic acids is 3. The van der Waals surface area contributed by atoms with Crippen LogP contribution < -0.4 is 0 Å². The third-order valence-corrected chi connectivity index (χ3v) is 1.59. The van der Waals surface area contributed by atoms with Gasteiger partial charge in [-0.3, -0.25) is 14.4 Å². The number of Topliss-reactive ketones (excluding diaryl/α,β-unsaturated/α-hetero) is 1. The molecule has 0 atom stereocenters. The molecule has 0 aromatic heterocycles. The van der Waals surface area contributed by atoms with Crippen molar-refractivity contribution in [1.82, 2.24) is 0 Å². The highest BCUT2D eigenvalue weighted by Crippen LogP contribution is 1.88. The third-order valence-electron chi connectivity index (χ3n) is 1.03. The Bertz CT molecular complexity index is 225. The van der Waals surface area contributed by atoms with E-state index in [4.69, 9.17) is 34.8 Å². The molecule has 0 aliphatic heterocycles. The van der Waals surface area contributed by atoms with E-state index in [0.29, 0.717) is 18.2 Å². The number of rotatable bonds is 5. The fourth-order valence-corrected chi connectivity index (χ4v) is 0.836. The van der Waals surface area contributed by atoms with Crippen LogP contribution in [0.25, 0.3) is 0 Å². The summed E-state index contributed by atoms with van der Waals surface area (Å²) in [7, 11) is 0. The molecule has 0 saturated carbocycles. The Labute approximate surface area is 132 Å². The first-order chi connectivity index (χ1) is 7.81. The molecule has 0 aromatic rings. The number of halogens is 3. The van der Waals surface area contributed by atoms with E-state index in [1.165, 1.54) is 19.9 Å². The van der Waals surface area contributed by atoms with Crippen molar-refractivity contribution in [3.63, 3.8) is 0 Å². The van der Waals surface area contributed by atoms with Gasteiger partial charge in [-0.05, 0) is 31.5 Å². The van der Waals surface area contributed by atoms with Crippen LogP contribution in [0.1, 0.15) is 41.5 Å².